The molecule has 0 saturated heterocycles. The molecule has 0 spiro atoms. The highest BCUT2D eigenvalue weighted by Gasteiger charge is 2.46. The van der Waals surface area contributed by atoms with Gasteiger partial charge in [-0.15, -0.1) is 0 Å². The molecule has 0 bridgehead atoms. The Morgan fingerprint density at radius 1 is 1.50 bits per heavy atom. The zero-order valence-electron chi connectivity index (χ0n) is 10.3. The first-order chi connectivity index (χ1) is 7.41. The Morgan fingerprint density at radius 2 is 2.19 bits per heavy atom. The van der Waals surface area contributed by atoms with Crippen LogP contribution in [0.3, 0.4) is 0 Å². The highest BCUT2D eigenvalue weighted by Crippen LogP contribution is 2.41. The molecular formula is C11H20N4S. The molecule has 0 amide bonds. The van der Waals surface area contributed by atoms with Gasteiger partial charge in [-0.05, 0) is 6.42 Å². The summed E-state index contributed by atoms with van der Waals surface area (Å²) in [6.07, 6.45) is 1.02. The summed E-state index contributed by atoms with van der Waals surface area (Å²) in [7, 11) is 0. The molecule has 5 heteroatoms. The number of nitrogens with one attached hydrogen (secondary N) is 1. The third kappa shape index (κ3) is 1.94. The van der Waals surface area contributed by atoms with Crippen molar-refractivity contribution in [3.05, 3.63) is 5.82 Å². The Labute approximate surface area is 101 Å². The molecule has 1 aromatic rings. The normalized spacial score (nSPS) is 27.9. The minimum atomic E-state index is 0.156. The Balaban J connectivity index is 2.00. The lowest BCUT2D eigenvalue weighted by Gasteiger charge is -2.50. The maximum absolute atomic E-state index is 5.98. The van der Waals surface area contributed by atoms with E-state index in [1.807, 2.05) is 0 Å². The first-order valence-corrected chi connectivity index (χ1v) is 6.54. The second kappa shape index (κ2) is 3.96. The molecule has 3 N–H and O–H groups in total. The van der Waals surface area contributed by atoms with Crippen LogP contribution in [0.4, 0.5) is 5.13 Å². The molecule has 2 atom stereocenters. The van der Waals surface area contributed by atoms with Gasteiger partial charge in [0.2, 0.25) is 5.13 Å². The first kappa shape index (κ1) is 11.8. The van der Waals surface area contributed by atoms with Crippen LogP contribution in [-0.4, -0.2) is 21.4 Å². The van der Waals surface area contributed by atoms with E-state index in [0.717, 1.165) is 17.4 Å². The number of hydrogen-bond acceptors (Lipinski definition) is 5. The van der Waals surface area contributed by atoms with Gasteiger partial charge in [0, 0.05) is 34.9 Å². The van der Waals surface area contributed by atoms with E-state index < -0.39 is 0 Å². The van der Waals surface area contributed by atoms with E-state index in [1.54, 1.807) is 0 Å². The molecule has 1 aromatic heterocycles. The third-order valence-corrected chi connectivity index (χ3v) is 4.26. The summed E-state index contributed by atoms with van der Waals surface area (Å²) < 4.78 is 4.33. The minimum Gasteiger partial charge on any atom is -0.357 e. The van der Waals surface area contributed by atoms with Crippen LogP contribution in [0.2, 0.25) is 0 Å². The molecule has 4 nitrogen and oxygen atoms in total. The smallest absolute Gasteiger partial charge is 0.202 e. The van der Waals surface area contributed by atoms with Crippen LogP contribution in [-0.2, 0) is 0 Å². The van der Waals surface area contributed by atoms with Gasteiger partial charge in [0.25, 0.3) is 0 Å². The number of hydrogen-bond donors (Lipinski definition) is 2. The van der Waals surface area contributed by atoms with Crippen LogP contribution in [0, 0.1) is 5.41 Å². The van der Waals surface area contributed by atoms with E-state index >= 15 is 0 Å². The molecular weight excluding hydrogens is 220 g/mol. The van der Waals surface area contributed by atoms with Gasteiger partial charge in [-0.2, -0.15) is 4.37 Å². The second-order valence-corrected chi connectivity index (χ2v) is 6.22. The van der Waals surface area contributed by atoms with Crippen LogP contribution in [0.15, 0.2) is 0 Å². The van der Waals surface area contributed by atoms with Gasteiger partial charge in [-0.1, -0.05) is 27.7 Å². The highest BCUT2D eigenvalue weighted by molar-refractivity contribution is 7.09. The van der Waals surface area contributed by atoms with Crippen molar-refractivity contribution in [2.45, 2.75) is 52.1 Å². The van der Waals surface area contributed by atoms with Gasteiger partial charge < -0.3 is 11.1 Å². The van der Waals surface area contributed by atoms with E-state index in [1.165, 1.54) is 11.5 Å². The van der Waals surface area contributed by atoms with Crippen molar-refractivity contribution in [1.29, 1.82) is 0 Å². The maximum Gasteiger partial charge on any atom is 0.202 e. The average Bonchev–Trinajstić information content (AvgIpc) is 2.66. The van der Waals surface area contributed by atoms with Gasteiger partial charge in [0.1, 0.15) is 5.82 Å². The molecule has 2 unspecified atom stereocenters. The summed E-state index contributed by atoms with van der Waals surface area (Å²) in [5.74, 6) is 1.32. The van der Waals surface area contributed by atoms with E-state index in [9.17, 15) is 0 Å². The van der Waals surface area contributed by atoms with Gasteiger partial charge in [0.05, 0.1) is 0 Å². The third-order valence-electron chi connectivity index (χ3n) is 3.60. The van der Waals surface area contributed by atoms with Crippen molar-refractivity contribution >= 4 is 16.7 Å². The summed E-state index contributed by atoms with van der Waals surface area (Å²) in [4.78, 5) is 4.48. The summed E-state index contributed by atoms with van der Waals surface area (Å²) in [5, 5.41) is 4.36. The molecule has 1 fully saturated rings. The van der Waals surface area contributed by atoms with E-state index in [0.29, 0.717) is 18.0 Å². The van der Waals surface area contributed by atoms with Crippen LogP contribution in [0.1, 0.15) is 45.9 Å². The Kier molecular flexibility index (Phi) is 2.92. The number of nitrogens with two attached hydrogens (primary N) is 1. The lowest BCUT2D eigenvalue weighted by molar-refractivity contribution is 0.117. The average molecular weight is 240 g/mol. The molecule has 90 valence electrons. The number of nitrogens with zero attached hydrogens (tertiary/aromatic N) is 2. The monoisotopic (exact) mass is 240 g/mol. The van der Waals surface area contributed by atoms with E-state index in [-0.39, 0.29) is 5.41 Å². The second-order valence-electron chi connectivity index (χ2n) is 5.47. The zero-order valence-corrected chi connectivity index (χ0v) is 11.1. The summed E-state index contributed by atoms with van der Waals surface area (Å²) in [5.41, 5.74) is 6.14. The fourth-order valence-corrected chi connectivity index (χ4v) is 2.64. The minimum absolute atomic E-state index is 0.156. The standard InChI is InChI=1S/C11H20N4S/c1-6(2)9-14-10(16-15-9)13-8-5-7(12)11(8,3)4/h6-8H,5,12H2,1-4H3,(H,13,14,15). The van der Waals surface area contributed by atoms with Gasteiger partial charge in [0.15, 0.2) is 0 Å². The largest absolute Gasteiger partial charge is 0.357 e. The summed E-state index contributed by atoms with van der Waals surface area (Å²) in [6.45, 7) is 8.61. The maximum atomic E-state index is 5.98. The lowest BCUT2D eigenvalue weighted by Crippen LogP contribution is -2.61. The fraction of sp³-hybridized carbons (Fsp3) is 0.818. The van der Waals surface area contributed by atoms with Gasteiger partial charge >= 0.3 is 0 Å². The Bertz CT molecular complexity index is 372. The topological polar surface area (TPSA) is 63.8 Å². The zero-order chi connectivity index (χ0) is 11.9. The number of rotatable bonds is 3. The molecule has 1 heterocycles. The van der Waals surface area contributed by atoms with Crippen molar-refractivity contribution in [2.75, 3.05) is 5.32 Å². The number of anilines is 1. The fourth-order valence-electron chi connectivity index (χ4n) is 1.88. The highest BCUT2D eigenvalue weighted by atomic mass is 32.1. The molecule has 0 radical (unpaired) electrons. The van der Waals surface area contributed by atoms with Gasteiger partial charge in [-0.25, -0.2) is 4.98 Å². The predicted octanol–water partition coefficient (Wildman–Crippen LogP) is 2.20. The first-order valence-electron chi connectivity index (χ1n) is 5.77. The van der Waals surface area contributed by atoms with E-state index in [2.05, 4.69) is 42.4 Å². The van der Waals surface area contributed by atoms with Crippen LogP contribution >= 0.6 is 11.5 Å². The van der Waals surface area contributed by atoms with Crippen LogP contribution < -0.4 is 11.1 Å². The predicted molar refractivity (Wildman–Crippen MR) is 67.8 cm³/mol. The molecule has 0 aromatic carbocycles. The van der Waals surface area contributed by atoms with Crippen LogP contribution in [0.5, 0.6) is 0 Å². The molecule has 0 aliphatic heterocycles. The summed E-state index contributed by atoms with van der Waals surface area (Å²) in [6, 6.07) is 0.720. The van der Waals surface area contributed by atoms with Crippen LogP contribution in [0.25, 0.3) is 0 Å². The molecule has 16 heavy (non-hydrogen) atoms. The quantitative estimate of drug-likeness (QED) is 0.850. The Hall–Kier alpha value is -0.680. The molecule has 2 rings (SSSR count). The van der Waals surface area contributed by atoms with Crippen molar-refractivity contribution < 1.29 is 0 Å². The van der Waals surface area contributed by atoms with Crippen molar-refractivity contribution in [2.24, 2.45) is 11.1 Å². The van der Waals surface area contributed by atoms with E-state index in [4.69, 9.17) is 5.73 Å². The molecule has 1 aliphatic rings. The molecule has 1 aliphatic carbocycles. The number of aromatic nitrogens is 2. The Morgan fingerprint density at radius 3 is 2.62 bits per heavy atom. The van der Waals surface area contributed by atoms with Crippen molar-refractivity contribution in [3.63, 3.8) is 0 Å². The van der Waals surface area contributed by atoms with Gasteiger partial charge in [-0.3, -0.25) is 0 Å². The van der Waals surface area contributed by atoms with Crippen molar-refractivity contribution in [3.8, 4) is 0 Å². The summed E-state index contributed by atoms with van der Waals surface area (Å²) >= 11 is 1.44. The SMILES string of the molecule is CC(C)c1nsc(NC2CC(N)C2(C)C)n1. The van der Waals surface area contributed by atoms with Crippen molar-refractivity contribution in [1.82, 2.24) is 9.36 Å². The molecule has 1 saturated carbocycles. The lowest BCUT2D eigenvalue weighted by atomic mass is 9.63.